The zero-order valence-corrected chi connectivity index (χ0v) is 17.8. The van der Waals surface area contributed by atoms with Gasteiger partial charge in [-0.25, -0.2) is 8.42 Å². The van der Waals surface area contributed by atoms with Crippen LogP contribution in [0.5, 0.6) is 0 Å². The molecule has 0 saturated carbocycles. The molecule has 10 heteroatoms. The number of ether oxygens (including phenoxy) is 1. The summed E-state index contributed by atoms with van der Waals surface area (Å²) in [6, 6.07) is 3.59. The van der Waals surface area contributed by atoms with Crippen molar-refractivity contribution in [3.05, 3.63) is 28.2 Å². The number of rotatable bonds is 8. The number of morpholine rings is 1. The van der Waals surface area contributed by atoms with E-state index in [1.807, 2.05) is 0 Å². The summed E-state index contributed by atoms with van der Waals surface area (Å²) in [6.07, 6.45) is 1.37. The normalized spacial score (nSPS) is 16.7. The highest BCUT2D eigenvalue weighted by Crippen LogP contribution is 2.29. The number of amides is 1. The Balaban J connectivity index is 2.12. The van der Waals surface area contributed by atoms with Crippen LogP contribution in [0.4, 0.5) is 5.69 Å². The van der Waals surface area contributed by atoms with Gasteiger partial charge in [0.15, 0.2) is 0 Å². The number of benzene rings is 1. The van der Waals surface area contributed by atoms with Crippen molar-refractivity contribution in [3.8, 4) is 0 Å². The van der Waals surface area contributed by atoms with E-state index in [4.69, 9.17) is 27.9 Å². The third-order valence-corrected chi connectivity index (χ3v) is 5.88. The largest absolute Gasteiger partial charge is 0.379 e. The summed E-state index contributed by atoms with van der Waals surface area (Å²) >= 11 is 12.0. The van der Waals surface area contributed by atoms with Gasteiger partial charge in [-0.15, -0.1) is 0 Å². The maximum absolute atomic E-state index is 12.7. The Morgan fingerprint density at radius 3 is 2.37 bits per heavy atom. The van der Waals surface area contributed by atoms with Gasteiger partial charge in [0.2, 0.25) is 15.9 Å². The molecule has 0 unspecified atom stereocenters. The van der Waals surface area contributed by atoms with Crippen LogP contribution in [-0.4, -0.2) is 70.9 Å². The molecular weight excluding hydrogens is 413 g/mol. The Morgan fingerprint density at radius 2 is 1.85 bits per heavy atom. The van der Waals surface area contributed by atoms with Gasteiger partial charge in [0.25, 0.3) is 0 Å². The standard InChI is InChI=1S/C17H25Cl2N3O4S/c1-3-16(17(23)20-4-5-21-6-8-26-9-7-21)22(27(2,24)25)15-11-13(18)10-14(19)12-15/h10-12,16H,3-9H2,1-2H3,(H,20,23)/t16-/m1/s1. The van der Waals surface area contributed by atoms with Gasteiger partial charge in [-0.3, -0.25) is 14.0 Å². The monoisotopic (exact) mass is 437 g/mol. The van der Waals surface area contributed by atoms with Crippen molar-refractivity contribution < 1.29 is 17.9 Å². The van der Waals surface area contributed by atoms with Crippen LogP contribution in [0.15, 0.2) is 18.2 Å². The minimum absolute atomic E-state index is 0.269. The van der Waals surface area contributed by atoms with Crippen LogP contribution in [0.3, 0.4) is 0 Å². The van der Waals surface area contributed by atoms with Crippen molar-refractivity contribution in [2.24, 2.45) is 0 Å². The predicted octanol–water partition coefficient (Wildman–Crippen LogP) is 1.99. The molecule has 1 aromatic carbocycles. The molecule has 0 spiro atoms. The highest BCUT2D eigenvalue weighted by molar-refractivity contribution is 7.92. The van der Waals surface area contributed by atoms with E-state index in [0.717, 1.165) is 23.7 Å². The summed E-state index contributed by atoms with van der Waals surface area (Å²) in [4.78, 5) is 14.9. The zero-order chi connectivity index (χ0) is 20.0. The lowest BCUT2D eigenvalue weighted by Gasteiger charge is -2.31. The van der Waals surface area contributed by atoms with E-state index in [1.165, 1.54) is 18.2 Å². The summed E-state index contributed by atoms with van der Waals surface area (Å²) in [5.74, 6) is -0.354. The number of hydrogen-bond acceptors (Lipinski definition) is 5. The quantitative estimate of drug-likeness (QED) is 0.672. The number of carbonyl (C=O) groups is 1. The van der Waals surface area contributed by atoms with E-state index in [2.05, 4.69) is 10.2 Å². The van der Waals surface area contributed by atoms with Gasteiger partial charge in [0, 0.05) is 36.2 Å². The average molecular weight is 438 g/mol. The molecule has 1 amide bonds. The first kappa shape index (κ1) is 22.2. The number of carbonyl (C=O) groups excluding carboxylic acids is 1. The average Bonchev–Trinajstić information content (AvgIpc) is 2.58. The third-order valence-electron chi connectivity index (χ3n) is 4.26. The maximum Gasteiger partial charge on any atom is 0.243 e. The van der Waals surface area contributed by atoms with Gasteiger partial charge in [0.05, 0.1) is 25.2 Å². The van der Waals surface area contributed by atoms with Gasteiger partial charge < -0.3 is 10.1 Å². The molecule has 1 N–H and O–H groups in total. The smallest absolute Gasteiger partial charge is 0.243 e. The molecule has 1 aliphatic heterocycles. The van der Waals surface area contributed by atoms with Gasteiger partial charge in [0.1, 0.15) is 6.04 Å². The van der Waals surface area contributed by atoms with Crippen LogP contribution in [-0.2, 0) is 19.6 Å². The molecule has 0 aliphatic carbocycles. The molecule has 1 heterocycles. The first-order chi connectivity index (χ1) is 12.7. The first-order valence-electron chi connectivity index (χ1n) is 8.75. The lowest BCUT2D eigenvalue weighted by molar-refractivity contribution is -0.122. The molecule has 1 saturated heterocycles. The predicted molar refractivity (Wildman–Crippen MR) is 108 cm³/mol. The van der Waals surface area contributed by atoms with Crippen molar-refractivity contribution in [2.75, 3.05) is 50.0 Å². The van der Waals surface area contributed by atoms with Gasteiger partial charge >= 0.3 is 0 Å². The van der Waals surface area contributed by atoms with E-state index in [0.29, 0.717) is 42.8 Å². The van der Waals surface area contributed by atoms with Crippen LogP contribution in [0.2, 0.25) is 10.0 Å². The van der Waals surface area contributed by atoms with Crippen LogP contribution < -0.4 is 9.62 Å². The zero-order valence-electron chi connectivity index (χ0n) is 15.5. The Morgan fingerprint density at radius 1 is 1.26 bits per heavy atom. The van der Waals surface area contributed by atoms with Crippen molar-refractivity contribution in [2.45, 2.75) is 19.4 Å². The number of sulfonamides is 1. The molecule has 0 aromatic heterocycles. The fraction of sp³-hybridized carbons (Fsp3) is 0.588. The summed E-state index contributed by atoms with van der Waals surface area (Å²) in [5, 5.41) is 3.44. The van der Waals surface area contributed by atoms with Gasteiger partial charge in [-0.1, -0.05) is 30.1 Å². The minimum Gasteiger partial charge on any atom is -0.379 e. The Hall–Kier alpha value is -1.06. The summed E-state index contributed by atoms with van der Waals surface area (Å²) in [5.41, 5.74) is 0.269. The van der Waals surface area contributed by atoms with Crippen LogP contribution in [0.1, 0.15) is 13.3 Å². The number of hydrogen-bond donors (Lipinski definition) is 1. The van der Waals surface area contributed by atoms with Crippen molar-refractivity contribution in [1.82, 2.24) is 10.2 Å². The third kappa shape index (κ3) is 6.50. The molecular formula is C17H25Cl2N3O4S. The Kier molecular flexibility index (Phi) is 8.18. The maximum atomic E-state index is 12.7. The molecule has 1 atom stereocenters. The molecule has 0 bridgehead atoms. The van der Waals surface area contributed by atoms with Crippen molar-refractivity contribution in [3.63, 3.8) is 0 Å². The Labute approximate surface area is 170 Å². The number of anilines is 1. The second-order valence-electron chi connectivity index (χ2n) is 6.36. The van der Waals surface area contributed by atoms with E-state index in [9.17, 15) is 13.2 Å². The van der Waals surface area contributed by atoms with E-state index in [1.54, 1.807) is 6.92 Å². The Bertz CT molecular complexity index is 734. The molecule has 1 aliphatic rings. The van der Waals surface area contributed by atoms with E-state index >= 15 is 0 Å². The SMILES string of the molecule is CC[C@H](C(=O)NCCN1CCOCC1)N(c1cc(Cl)cc(Cl)c1)S(C)(=O)=O. The molecule has 1 aromatic rings. The minimum atomic E-state index is -3.73. The highest BCUT2D eigenvalue weighted by Gasteiger charge is 2.31. The van der Waals surface area contributed by atoms with Gasteiger partial charge in [-0.05, 0) is 24.6 Å². The lowest BCUT2D eigenvalue weighted by atomic mass is 10.2. The summed E-state index contributed by atoms with van der Waals surface area (Å²) < 4.78 is 31.2. The number of halogens is 2. The topological polar surface area (TPSA) is 79.0 Å². The molecule has 2 rings (SSSR count). The van der Waals surface area contributed by atoms with Gasteiger partial charge in [-0.2, -0.15) is 0 Å². The summed E-state index contributed by atoms with van der Waals surface area (Å²) in [7, 11) is -3.73. The molecule has 1 fully saturated rings. The highest BCUT2D eigenvalue weighted by atomic mass is 35.5. The van der Waals surface area contributed by atoms with E-state index in [-0.39, 0.29) is 11.6 Å². The second-order valence-corrected chi connectivity index (χ2v) is 9.09. The van der Waals surface area contributed by atoms with Crippen LogP contribution in [0, 0.1) is 0 Å². The van der Waals surface area contributed by atoms with Crippen LogP contribution in [0.25, 0.3) is 0 Å². The summed E-state index contributed by atoms with van der Waals surface area (Å²) in [6.45, 7) is 5.89. The molecule has 27 heavy (non-hydrogen) atoms. The number of nitrogens with zero attached hydrogens (tertiary/aromatic N) is 2. The van der Waals surface area contributed by atoms with E-state index < -0.39 is 16.1 Å². The van der Waals surface area contributed by atoms with Crippen molar-refractivity contribution in [1.29, 1.82) is 0 Å². The lowest BCUT2D eigenvalue weighted by Crippen LogP contribution is -2.50. The molecule has 7 nitrogen and oxygen atoms in total. The van der Waals surface area contributed by atoms with Crippen LogP contribution >= 0.6 is 23.2 Å². The molecule has 152 valence electrons. The molecule has 0 radical (unpaired) electrons. The second kappa shape index (κ2) is 9.93. The first-order valence-corrected chi connectivity index (χ1v) is 11.4. The fourth-order valence-electron chi connectivity index (χ4n) is 3.01. The fourth-order valence-corrected chi connectivity index (χ4v) is 4.72. The van der Waals surface area contributed by atoms with Crippen molar-refractivity contribution >= 4 is 44.8 Å². The number of nitrogens with one attached hydrogen (secondary N) is 1.